The van der Waals surface area contributed by atoms with Crippen LogP contribution in [0.25, 0.3) is 53.6 Å². The van der Waals surface area contributed by atoms with Gasteiger partial charge in [0.2, 0.25) is 0 Å². The molecule has 0 N–H and O–H groups in total. The first-order valence-corrected chi connectivity index (χ1v) is 15.9. The summed E-state index contributed by atoms with van der Waals surface area (Å²) in [6, 6.07) is 17.8. The number of carbonyl (C=O) groups excluding carboxylic acids is 4. The average Bonchev–Trinajstić information content (AvgIpc) is 3.91. The predicted molar refractivity (Wildman–Crippen MR) is 181 cm³/mol. The fourth-order valence-corrected chi connectivity index (χ4v) is 7.55. The molecule has 4 amide bonds. The van der Waals surface area contributed by atoms with Gasteiger partial charge in [0.15, 0.2) is 0 Å². The first kappa shape index (κ1) is 28.2. The highest BCUT2D eigenvalue weighted by Gasteiger charge is 2.34. The van der Waals surface area contributed by atoms with Crippen LogP contribution in [0.15, 0.2) is 90.8 Å². The van der Waals surface area contributed by atoms with Crippen LogP contribution in [0.4, 0.5) is 0 Å². The lowest BCUT2D eigenvalue weighted by atomic mass is 9.95. The molecule has 12 heteroatoms. The smallest absolute Gasteiger partial charge is 0.271 e. The summed E-state index contributed by atoms with van der Waals surface area (Å²) in [5.41, 5.74) is -0.242. The molecule has 0 bridgehead atoms. The van der Waals surface area contributed by atoms with Gasteiger partial charge in [-0.3, -0.25) is 29.0 Å². The zero-order chi connectivity index (χ0) is 35.8. The highest BCUT2D eigenvalue weighted by atomic mass is 32.1. The summed E-state index contributed by atoms with van der Waals surface area (Å²) >= 11 is 2.97. The number of carbonyl (C=O) groups is 4. The third kappa shape index (κ3) is 4.83. The van der Waals surface area contributed by atoms with Crippen molar-refractivity contribution >= 4 is 78.6 Å². The third-order valence-electron chi connectivity index (χ3n) is 8.15. The van der Waals surface area contributed by atoms with Crippen molar-refractivity contribution in [1.82, 2.24) is 9.80 Å². The van der Waals surface area contributed by atoms with E-state index in [1.807, 2.05) is 36.4 Å². The maximum absolute atomic E-state index is 12.9. The lowest BCUT2D eigenvalue weighted by Crippen LogP contribution is -2.39. The molecule has 4 aromatic heterocycles. The molecular weight excluding hydrogens is 649 g/mol. The van der Waals surface area contributed by atoms with E-state index < -0.39 is 23.6 Å². The number of imide groups is 2. The molecular formula is C36H22N4O6S2. The van der Waals surface area contributed by atoms with Crippen molar-refractivity contribution in [2.24, 2.45) is 0 Å². The van der Waals surface area contributed by atoms with Gasteiger partial charge in [-0.05, 0) is 96.4 Å². The average molecular weight is 673 g/mol. The van der Waals surface area contributed by atoms with Crippen LogP contribution in [0.1, 0.15) is 28.1 Å². The molecule has 234 valence electrons. The van der Waals surface area contributed by atoms with Gasteiger partial charge in [-0.2, -0.15) is 10.5 Å². The molecule has 0 spiro atoms. The maximum Gasteiger partial charge on any atom is 0.271 e. The van der Waals surface area contributed by atoms with Gasteiger partial charge in [0, 0.05) is 34.6 Å². The SMILES string of the molecule is [2H]/C(=C1\C(=O)N(C)C(=O)C(C#N)=C1C)c1ccc(-c2cc3cc4sc(-c5ccc(/C([2H])=C6/C(=O)N(C)C(=O)C(C#N)=C6C)o5)cc4cc3s2)o1. The van der Waals surface area contributed by atoms with Gasteiger partial charge >= 0.3 is 0 Å². The normalized spacial score (nSPS) is 18.5. The van der Waals surface area contributed by atoms with E-state index in [0.29, 0.717) is 11.5 Å². The van der Waals surface area contributed by atoms with Crippen molar-refractivity contribution in [3.05, 3.63) is 93.5 Å². The van der Waals surface area contributed by atoms with Gasteiger partial charge in [-0.25, -0.2) is 0 Å². The number of amides is 4. The van der Waals surface area contributed by atoms with Crippen molar-refractivity contribution in [2.75, 3.05) is 14.1 Å². The number of benzene rings is 1. The Hall–Kier alpha value is -6.08. The zero-order valence-corrected chi connectivity index (χ0v) is 27.3. The molecule has 48 heavy (non-hydrogen) atoms. The van der Waals surface area contributed by atoms with Crippen LogP contribution in [0.3, 0.4) is 0 Å². The van der Waals surface area contributed by atoms with E-state index in [9.17, 15) is 29.7 Å². The topological polar surface area (TPSA) is 149 Å². The molecule has 2 aliphatic rings. The molecule has 2 aliphatic heterocycles. The molecule has 0 unspecified atom stereocenters. The summed E-state index contributed by atoms with van der Waals surface area (Å²) in [7, 11) is 2.54. The number of furan rings is 2. The Labute approximate surface area is 283 Å². The summed E-state index contributed by atoms with van der Waals surface area (Å²) in [5.74, 6) is -1.53. The van der Waals surface area contributed by atoms with Gasteiger partial charge in [-0.1, -0.05) is 0 Å². The van der Waals surface area contributed by atoms with Gasteiger partial charge in [0.25, 0.3) is 23.6 Å². The second-order valence-corrected chi connectivity index (χ2v) is 13.2. The van der Waals surface area contributed by atoms with Crippen molar-refractivity contribution in [3.8, 4) is 33.4 Å². The Balaban J connectivity index is 1.19. The fraction of sp³-hybridized carbons (Fsp3) is 0.111. The Morgan fingerprint density at radius 3 is 1.44 bits per heavy atom. The molecule has 0 aliphatic carbocycles. The number of fused-ring (bicyclic) bond motifs is 2. The first-order chi connectivity index (χ1) is 23.8. The number of nitrogens with zero attached hydrogens (tertiary/aromatic N) is 4. The lowest BCUT2D eigenvalue weighted by Gasteiger charge is -2.23. The van der Waals surface area contributed by atoms with Gasteiger partial charge in [-0.15, -0.1) is 22.7 Å². The van der Waals surface area contributed by atoms with E-state index in [-0.39, 0.29) is 57.1 Å². The van der Waals surface area contributed by atoms with E-state index in [2.05, 4.69) is 0 Å². The van der Waals surface area contributed by atoms with Gasteiger partial charge in [0.05, 0.1) is 12.5 Å². The minimum atomic E-state index is -0.707. The Morgan fingerprint density at radius 2 is 1.06 bits per heavy atom. The van der Waals surface area contributed by atoms with Gasteiger partial charge < -0.3 is 8.83 Å². The largest absolute Gasteiger partial charge is 0.456 e. The number of hydrogen-bond acceptors (Lipinski definition) is 10. The Kier molecular flexibility index (Phi) is 6.64. The quantitative estimate of drug-likeness (QED) is 0.145. The number of nitriles is 2. The molecule has 10 nitrogen and oxygen atoms in total. The predicted octanol–water partition coefficient (Wildman–Crippen LogP) is 7.08. The van der Waals surface area contributed by atoms with E-state index in [1.165, 1.54) is 50.6 Å². The minimum absolute atomic E-state index is 0.0668. The molecule has 1 aromatic carbocycles. The van der Waals surface area contributed by atoms with Crippen molar-refractivity contribution < 1.29 is 30.8 Å². The highest BCUT2D eigenvalue weighted by molar-refractivity contribution is 7.23. The summed E-state index contributed by atoms with van der Waals surface area (Å²) in [6.45, 7) is 2.95. The van der Waals surface area contributed by atoms with E-state index >= 15 is 0 Å². The summed E-state index contributed by atoms with van der Waals surface area (Å²) in [6.07, 6.45) is 0. The van der Waals surface area contributed by atoms with Crippen LogP contribution in [0, 0.1) is 22.7 Å². The van der Waals surface area contributed by atoms with Crippen LogP contribution in [-0.4, -0.2) is 47.5 Å². The maximum atomic E-state index is 12.9. The van der Waals surface area contributed by atoms with Crippen LogP contribution in [0.5, 0.6) is 0 Å². The van der Waals surface area contributed by atoms with Crippen LogP contribution in [-0.2, 0) is 19.2 Å². The number of rotatable bonds is 4. The van der Waals surface area contributed by atoms with E-state index in [0.717, 1.165) is 39.7 Å². The van der Waals surface area contributed by atoms with Crippen LogP contribution >= 0.6 is 22.7 Å². The molecule has 0 atom stereocenters. The minimum Gasteiger partial charge on any atom is -0.456 e. The molecule has 0 saturated carbocycles. The van der Waals surface area contributed by atoms with Crippen molar-refractivity contribution in [3.63, 3.8) is 0 Å². The molecule has 0 saturated heterocycles. The van der Waals surface area contributed by atoms with Crippen molar-refractivity contribution in [2.45, 2.75) is 13.8 Å². The second kappa shape index (κ2) is 11.3. The van der Waals surface area contributed by atoms with Crippen LogP contribution in [0.2, 0.25) is 0 Å². The fourth-order valence-electron chi connectivity index (χ4n) is 5.44. The molecule has 6 heterocycles. The van der Waals surface area contributed by atoms with E-state index in [1.54, 1.807) is 24.3 Å². The first-order valence-electron chi connectivity index (χ1n) is 15.3. The standard InChI is InChI=1S/C36H22N4O6S2/c1-17-23(33(41)39(3)35(43)25(17)15-37)13-21-5-7-27(45-21)31-11-19-9-30-20(10-29(19)47-31)12-32(48-30)28-8-6-22(46-28)14-24-18(2)26(16-38)36(44)40(4)34(24)42/h5-14H,1-4H3/b23-13+,24-14+/i13D,14D. The summed E-state index contributed by atoms with van der Waals surface area (Å²) in [5, 5.41) is 20.8. The summed E-state index contributed by atoms with van der Waals surface area (Å²) in [4.78, 5) is 53.7. The highest BCUT2D eigenvalue weighted by Crippen LogP contribution is 2.41. The molecule has 5 aromatic rings. The monoisotopic (exact) mass is 672 g/mol. The van der Waals surface area contributed by atoms with Gasteiger partial charge in [0.1, 0.15) is 46.3 Å². The zero-order valence-electron chi connectivity index (χ0n) is 27.7. The molecule has 0 radical (unpaired) electrons. The molecule has 0 fully saturated rings. The lowest BCUT2D eigenvalue weighted by molar-refractivity contribution is -0.140. The van der Waals surface area contributed by atoms with Crippen molar-refractivity contribution in [1.29, 1.82) is 10.5 Å². The number of hydrogen-bond donors (Lipinski definition) is 0. The molecule has 7 rings (SSSR count). The number of thiophene rings is 2. The number of likely N-dealkylation sites (N-methyl/N-ethyl adjacent to an activating group) is 2. The Morgan fingerprint density at radius 1 is 0.667 bits per heavy atom. The third-order valence-corrected chi connectivity index (χ3v) is 10.4. The second-order valence-electron chi connectivity index (χ2n) is 11.0. The van der Waals surface area contributed by atoms with E-state index in [4.69, 9.17) is 11.6 Å². The van der Waals surface area contributed by atoms with Crippen LogP contribution < -0.4 is 0 Å². The Bertz CT molecular complexity index is 2400. The summed E-state index contributed by atoms with van der Waals surface area (Å²) < 4.78 is 31.4.